The number of nitrogens with one attached hydrogen (secondary N) is 1. The average molecular weight is 145 g/mol. The van der Waals surface area contributed by atoms with E-state index < -0.39 is 0 Å². The smallest absolute Gasteiger partial charge is 0.141 e. The first-order valence-corrected chi connectivity index (χ1v) is 3.30. The van der Waals surface area contributed by atoms with E-state index >= 15 is 0 Å². The molecule has 3 heteroatoms. The summed E-state index contributed by atoms with van der Waals surface area (Å²) >= 11 is 0. The van der Waals surface area contributed by atoms with Crippen LogP contribution in [0.2, 0.25) is 0 Å². The van der Waals surface area contributed by atoms with Gasteiger partial charge in [-0.15, -0.1) is 0 Å². The molecule has 0 saturated carbocycles. The first kappa shape index (κ1) is 6.09. The number of hydrogen-bond acceptors (Lipinski definition) is 3. The van der Waals surface area contributed by atoms with E-state index in [-0.39, 0.29) is 0 Å². The maximum atomic E-state index is 4.04. The van der Waals surface area contributed by atoms with Crippen LogP contribution < -0.4 is 5.32 Å². The third kappa shape index (κ3) is 1.00. The van der Waals surface area contributed by atoms with Gasteiger partial charge < -0.3 is 5.32 Å². The second-order valence-electron chi connectivity index (χ2n) is 2.31. The Hall–Kier alpha value is -1.64. The Kier molecular flexibility index (Phi) is 1.22. The summed E-state index contributed by atoms with van der Waals surface area (Å²) in [4.78, 5) is 7.93. The highest BCUT2D eigenvalue weighted by Crippen LogP contribution is 2.18. The van der Waals surface area contributed by atoms with Crippen LogP contribution in [0.1, 0.15) is 5.56 Å². The van der Waals surface area contributed by atoms with Gasteiger partial charge in [-0.25, -0.2) is 9.97 Å². The molecule has 0 fully saturated rings. The summed E-state index contributed by atoms with van der Waals surface area (Å²) in [6, 6.07) is 0. The number of nitrogens with zero attached hydrogens (tertiary/aromatic N) is 2. The van der Waals surface area contributed by atoms with Crippen molar-refractivity contribution in [3.63, 3.8) is 0 Å². The standard InChI is InChI=1S/C8H7N3/c1-6-2-3-7-4-9-5-10-8(7)11-6/h2-5H,1H2,(H,9,10,11). The summed E-state index contributed by atoms with van der Waals surface area (Å²) in [6.07, 6.45) is 7.11. The SMILES string of the molecule is C=C1C=Cc2cncnc2N1. The third-order valence-electron chi connectivity index (χ3n) is 1.48. The van der Waals surface area contributed by atoms with Crippen molar-refractivity contribution in [2.45, 2.75) is 0 Å². The minimum Gasteiger partial charge on any atom is -0.340 e. The van der Waals surface area contributed by atoms with E-state index in [0.717, 1.165) is 17.1 Å². The molecule has 54 valence electrons. The molecule has 1 N–H and O–H groups in total. The summed E-state index contributed by atoms with van der Waals surface area (Å²) in [5.41, 5.74) is 1.86. The van der Waals surface area contributed by atoms with Crippen LogP contribution in [-0.4, -0.2) is 9.97 Å². The first-order valence-electron chi connectivity index (χ1n) is 3.30. The van der Waals surface area contributed by atoms with Crippen LogP contribution in [0.25, 0.3) is 6.08 Å². The highest BCUT2D eigenvalue weighted by atomic mass is 15.0. The van der Waals surface area contributed by atoms with Gasteiger partial charge in [0.1, 0.15) is 12.1 Å². The summed E-state index contributed by atoms with van der Waals surface area (Å²) in [5, 5.41) is 3.03. The molecule has 2 rings (SSSR count). The minimum atomic E-state index is 0.826. The maximum absolute atomic E-state index is 4.04. The summed E-state index contributed by atoms with van der Waals surface area (Å²) in [7, 11) is 0. The summed E-state index contributed by atoms with van der Waals surface area (Å²) < 4.78 is 0. The van der Waals surface area contributed by atoms with Gasteiger partial charge in [0.15, 0.2) is 0 Å². The molecule has 1 aromatic rings. The van der Waals surface area contributed by atoms with E-state index in [1.165, 1.54) is 6.33 Å². The Balaban J connectivity index is 2.54. The van der Waals surface area contributed by atoms with Gasteiger partial charge in [-0.1, -0.05) is 6.58 Å². The highest BCUT2D eigenvalue weighted by molar-refractivity contribution is 5.70. The lowest BCUT2D eigenvalue weighted by molar-refractivity contribution is 1.15. The molecule has 0 radical (unpaired) electrons. The van der Waals surface area contributed by atoms with Gasteiger partial charge in [0.25, 0.3) is 0 Å². The molecule has 0 saturated heterocycles. The van der Waals surface area contributed by atoms with Crippen LogP contribution in [-0.2, 0) is 0 Å². The molecule has 0 bridgehead atoms. The molecule has 0 spiro atoms. The van der Waals surface area contributed by atoms with Gasteiger partial charge in [-0.3, -0.25) is 0 Å². The fourth-order valence-electron chi connectivity index (χ4n) is 0.951. The van der Waals surface area contributed by atoms with Crippen molar-refractivity contribution in [3.05, 3.63) is 36.4 Å². The molecule has 0 aliphatic carbocycles. The fraction of sp³-hybridized carbons (Fsp3) is 0. The van der Waals surface area contributed by atoms with Crippen molar-refractivity contribution in [3.8, 4) is 0 Å². The molecule has 0 amide bonds. The Bertz CT molecular complexity index is 328. The number of fused-ring (bicyclic) bond motifs is 1. The normalized spacial score (nSPS) is 14.0. The molecule has 0 unspecified atom stereocenters. The Morgan fingerprint density at radius 3 is 3.18 bits per heavy atom. The van der Waals surface area contributed by atoms with Gasteiger partial charge in [-0.2, -0.15) is 0 Å². The lowest BCUT2D eigenvalue weighted by atomic mass is 10.2. The van der Waals surface area contributed by atoms with Crippen LogP contribution in [0.15, 0.2) is 30.9 Å². The molecular weight excluding hydrogens is 138 g/mol. The molecular formula is C8H7N3. The van der Waals surface area contributed by atoms with Crippen LogP contribution in [0.5, 0.6) is 0 Å². The second kappa shape index (κ2) is 2.20. The third-order valence-corrected chi connectivity index (χ3v) is 1.48. The molecule has 1 aromatic heterocycles. The maximum Gasteiger partial charge on any atom is 0.141 e. The predicted octanol–water partition coefficient (Wildman–Crippen LogP) is 1.43. The number of hydrogen-bond donors (Lipinski definition) is 1. The molecule has 11 heavy (non-hydrogen) atoms. The minimum absolute atomic E-state index is 0.826. The van der Waals surface area contributed by atoms with Gasteiger partial charge in [0.05, 0.1) is 0 Å². The first-order chi connectivity index (χ1) is 5.36. The average Bonchev–Trinajstić information content (AvgIpc) is 2.04. The Labute approximate surface area is 64.5 Å². The van der Waals surface area contributed by atoms with Crippen LogP contribution in [0.4, 0.5) is 5.82 Å². The van der Waals surface area contributed by atoms with Crippen LogP contribution in [0, 0.1) is 0 Å². The molecule has 3 nitrogen and oxygen atoms in total. The van der Waals surface area contributed by atoms with E-state index in [0.29, 0.717) is 0 Å². The quantitative estimate of drug-likeness (QED) is 0.600. The Morgan fingerprint density at radius 2 is 2.27 bits per heavy atom. The van der Waals surface area contributed by atoms with Gasteiger partial charge in [0.2, 0.25) is 0 Å². The molecule has 0 aromatic carbocycles. The highest BCUT2D eigenvalue weighted by Gasteiger charge is 2.04. The van der Waals surface area contributed by atoms with E-state index in [1.807, 2.05) is 12.2 Å². The lowest BCUT2D eigenvalue weighted by Gasteiger charge is -2.11. The fourth-order valence-corrected chi connectivity index (χ4v) is 0.951. The van der Waals surface area contributed by atoms with Crippen molar-refractivity contribution < 1.29 is 0 Å². The van der Waals surface area contributed by atoms with Crippen molar-refractivity contribution in [2.75, 3.05) is 5.32 Å². The zero-order valence-electron chi connectivity index (χ0n) is 5.91. The van der Waals surface area contributed by atoms with Crippen molar-refractivity contribution in [2.24, 2.45) is 0 Å². The van der Waals surface area contributed by atoms with Crippen LogP contribution in [0.3, 0.4) is 0 Å². The topological polar surface area (TPSA) is 37.8 Å². The summed E-state index contributed by atoms with van der Waals surface area (Å²) in [5.74, 6) is 0.826. The zero-order valence-corrected chi connectivity index (χ0v) is 5.91. The van der Waals surface area contributed by atoms with Crippen molar-refractivity contribution in [1.82, 2.24) is 9.97 Å². The molecule has 2 heterocycles. The molecule has 1 aliphatic rings. The van der Waals surface area contributed by atoms with E-state index in [2.05, 4.69) is 21.9 Å². The largest absolute Gasteiger partial charge is 0.340 e. The van der Waals surface area contributed by atoms with E-state index in [4.69, 9.17) is 0 Å². The number of aromatic nitrogens is 2. The van der Waals surface area contributed by atoms with Crippen molar-refractivity contribution in [1.29, 1.82) is 0 Å². The van der Waals surface area contributed by atoms with E-state index in [9.17, 15) is 0 Å². The zero-order chi connectivity index (χ0) is 7.68. The molecule has 0 atom stereocenters. The monoisotopic (exact) mass is 145 g/mol. The van der Waals surface area contributed by atoms with Crippen molar-refractivity contribution >= 4 is 11.9 Å². The van der Waals surface area contributed by atoms with Gasteiger partial charge >= 0.3 is 0 Å². The Morgan fingerprint density at radius 1 is 1.36 bits per heavy atom. The van der Waals surface area contributed by atoms with E-state index in [1.54, 1.807) is 6.20 Å². The number of rotatable bonds is 0. The second-order valence-corrected chi connectivity index (χ2v) is 2.31. The number of anilines is 1. The predicted molar refractivity (Wildman–Crippen MR) is 43.8 cm³/mol. The lowest BCUT2D eigenvalue weighted by Crippen LogP contribution is -2.03. The van der Waals surface area contributed by atoms with Gasteiger partial charge in [0, 0.05) is 17.5 Å². The summed E-state index contributed by atoms with van der Waals surface area (Å²) in [6.45, 7) is 3.75. The van der Waals surface area contributed by atoms with Gasteiger partial charge in [-0.05, 0) is 12.2 Å². The number of allylic oxidation sites excluding steroid dienone is 1. The molecule has 1 aliphatic heterocycles. The van der Waals surface area contributed by atoms with Crippen LogP contribution >= 0.6 is 0 Å².